The van der Waals surface area contributed by atoms with Crippen LogP contribution in [-0.4, -0.2) is 17.6 Å². The lowest BCUT2D eigenvalue weighted by Crippen LogP contribution is -2.35. The number of anilines is 2. The first-order valence-corrected chi connectivity index (χ1v) is 7.32. The second-order valence-corrected chi connectivity index (χ2v) is 5.36. The number of nitrogens with one attached hydrogen (secondary N) is 3. The minimum Gasteiger partial charge on any atom is -0.353 e. The summed E-state index contributed by atoms with van der Waals surface area (Å²) in [5, 5.41) is 7.88. The summed E-state index contributed by atoms with van der Waals surface area (Å²) in [6, 6.07) is 7.55. The van der Waals surface area contributed by atoms with E-state index in [4.69, 9.17) is 12.2 Å². The van der Waals surface area contributed by atoms with Gasteiger partial charge in [-0.3, -0.25) is 4.79 Å². The zero-order chi connectivity index (χ0) is 17.7. The molecule has 0 heterocycles. The van der Waals surface area contributed by atoms with E-state index in [0.29, 0.717) is 11.3 Å². The third-order valence-electron chi connectivity index (χ3n) is 3.04. The topological polar surface area (TPSA) is 53.2 Å². The molecule has 0 bridgehead atoms. The minimum absolute atomic E-state index is 0.124. The Kier molecular flexibility index (Phi) is 5.75. The number of thiocarbonyl (C=S) groups is 1. The molecule has 2 aromatic rings. The van der Waals surface area contributed by atoms with Gasteiger partial charge in [-0.15, -0.1) is 0 Å². The first kappa shape index (κ1) is 17.7. The average Bonchev–Trinajstić information content (AvgIpc) is 2.53. The minimum atomic E-state index is -1.06. The molecule has 0 atom stereocenters. The summed E-state index contributed by atoms with van der Waals surface area (Å²) < 4.78 is 39.3. The van der Waals surface area contributed by atoms with Gasteiger partial charge in [0.1, 0.15) is 5.82 Å². The fourth-order valence-corrected chi connectivity index (χ4v) is 1.98. The standard InChI is InChI=1S/C16H14F3N3OS/c1-9-2-3-11(6-13(9)18)22-16(24)20-8-15(23)21-10-4-5-12(17)14(19)7-10/h2-7H,8H2,1H3,(H,21,23)(H2,20,22,24). The van der Waals surface area contributed by atoms with E-state index in [9.17, 15) is 18.0 Å². The van der Waals surface area contributed by atoms with E-state index >= 15 is 0 Å². The van der Waals surface area contributed by atoms with Crippen LogP contribution in [0.25, 0.3) is 0 Å². The van der Waals surface area contributed by atoms with Crippen LogP contribution >= 0.6 is 12.2 Å². The van der Waals surface area contributed by atoms with E-state index in [1.807, 2.05) is 0 Å². The van der Waals surface area contributed by atoms with Crippen LogP contribution in [-0.2, 0) is 4.79 Å². The second-order valence-electron chi connectivity index (χ2n) is 4.95. The summed E-state index contributed by atoms with van der Waals surface area (Å²) in [5.74, 6) is -2.93. The van der Waals surface area contributed by atoms with Crippen LogP contribution in [0, 0.1) is 24.4 Å². The molecule has 0 aromatic heterocycles. The highest BCUT2D eigenvalue weighted by Crippen LogP contribution is 2.14. The van der Waals surface area contributed by atoms with Crippen molar-refractivity contribution in [3.63, 3.8) is 0 Å². The highest BCUT2D eigenvalue weighted by molar-refractivity contribution is 7.80. The number of amides is 1. The number of rotatable bonds is 4. The summed E-state index contributed by atoms with van der Waals surface area (Å²) in [5.41, 5.74) is 1.07. The van der Waals surface area contributed by atoms with Crippen molar-refractivity contribution in [1.29, 1.82) is 0 Å². The molecule has 0 fully saturated rings. The zero-order valence-corrected chi connectivity index (χ0v) is 13.4. The van der Waals surface area contributed by atoms with Crippen LogP contribution in [0.1, 0.15) is 5.56 Å². The van der Waals surface area contributed by atoms with Crippen molar-refractivity contribution in [2.75, 3.05) is 17.2 Å². The summed E-state index contributed by atoms with van der Waals surface area (Å²) in [7, 11) is 0. The number of aryl methyl sites for hydroxylation is 1. The molecule has 0 aliphatic heterocycles. The molecule has 8 heteroatoms. The predicted molar refractivity (Wildman–Crippen MR) is 90.3 cm³/mol. The Labute approximate surface area is 142 Å². The Morgan fingerprint density at radius 2 is 1.58 bits per heavy atom. The van der Waals surface area contributed by atoms with Crippen molar-refractivity contribution >= 4 is 34.6 Å². The molecule has 0 aliphatic rings. The highest BCUT2D eigenvalue weighted by atomic mass is 32.1. The molecule has 2 rings (SSSR count). The zero-order valence-electron chi connectivity index (χ0n) is 12.6. The summed E-state index contributed by atoms with van der Waals surface area (Å²) >= 11 is 5.00. The highest BCUT2D eigenvalue weighted by Gasteiger charge is 2.07. The quantitative estimate of drug-likeness (QED) is 0.738. The van der Waals surface area contributed by atoms with Crippen LogP contribution < -0.4 is 16.0 Å². The molecule has 0 saturated heterocycles. The molecule has 0 radical (unpaired) electrons. The van der Waals surface area contributed by atoms with Gasteiger partial charge >= 0.3 is 0 Å². The SMILES string of the molecule is Cc1ccc(NC(=S)NCC(=O)Nc2ccc(F)c(F)c2)cc1F. The normalized spacial score (nSPS) is 10.2. The molecule has 3 N–H and O–H groups in total. The van der Waals surface area contributed by atoms with Crippen molar-refractivity contribution in [3.8, 4) is 0 Å². The number of carbonyl (C=O) groups excluding carboxylic acids is 1. The fraction of sp³-hybridized carbons (Fsp3) is 0.125. The van der Waals surface area contributed by atoms with Crippen LogP contribution in [0.15, 0.2) is 36.4 Å². The molecule has 126 valence electrons. The Bertz CT molecular complexity index is 718. The van der Waals surface area contributed by atoms with E-state index in [2.05, 4.69) is 16.0 Å². The lowest BCUT2D eigenvalue weighted by molar-refractivity contribution is -0.115. The lowest BCUT2D eigenvalue weighted by atomic mass is 10.2. The van der Waals surface area contributed by atoms with Crippen LogP contribution in [0.5, 0.6) is 0 Å². The first-order valence-electron chi connectivity index (χ1n) is 6.91. The van der Waals surface area contributed by atoms with Crippen LogP contribution in [0.2, 0.25) is 0 Å². The molecule has 2 aromatic carbocycles. The molecule has 0 saturated carbocycles. The van der Waals surface area contributed by atoms with Gasteiger partial charge in [-0.25, -0.2) is 13.2 Å². The van der Waals surface area contributed by atoms with Gasteiger partial charge in [0, 0.05) is 17.4 Å². The van der Waals surface area contributed by atoms with Crippen molar-refractivity contribution in [3.05, 3.63) is 59.4 Å². The molecule has 0 unspecified atom stereocenters. The summed E-state index contributed by atoms with van der Waals surface area (Å²) in [6.45, 7) is 1.44. The van der Waals surface area contributed by atoms with Gasteiger partial charge in [-0.05, 0) is 49.0 Å². The van der Waals surface area contributed by atoms with Crippen molar-refractivity contribution in [2.24, 2.45) is 0 Å². The van der Waals surface area contributed by atoms with E-state index in [1.165, 1.54) is 12.1 Å². The van der Waals surface area contributed by atoms with Gasteiger partial charge in [0.2, 0.25) is 5.91 Å². The number of hydrogen-bond acceptors (Lipinski definition) is 2. The van der Waals surface area contributed by atoms with Gasteiger partial charge in [0.25, 0.3) is 0 Å². The maximum absolute atomic E-state index is 13.4. The molecular weight excluding hydrogens is 339 g/mol. The summed E-state index contributed by atoms with van der Waals surface area (Å²) in [4.78, 5) is 11.7. The fourth-order valence-electron chi connectivity index (χ4n) is 1.79. The van der Waals surface area contributed by atoms with Gasteiger partial charge < -0.3 is 16.0 Å². The maximum Gasteiger partial charge on any atom is 0.243 e. The third-order valence-corrected chi connectivity index (χ3v) is 3.29. The maximum atomic E-state index is 13.4. The van der Waals surface area contributed by atoms with Crippen molar-refractivity contribution < 1.29 is 18.0 Å². The third kappa shape index (κ3) is 4.95. The second kappa shape index (κ2) is 7.78. The Hall–Kier alpha value is -2.61. The van der Waals surface area contributed by atoms with Gasteiger partial charge in [0.15, 0.2) is 16.7 Å². The van der Waals surface area contributed by atoms with Crippen molar-refractivity contribution in [2.45, 2.75) is 6.92 Å². The van der Waals surface area contributed by atoms with Crippen LogP contribution in [0.4, 0.5) is 24.5 Å². The van der Waals surface area contributed by atoms with Crippen LogP contribution in [0.3, 0.4) is 0 Å². The van der Waals surface area contributed by atoms with E-state index < -0.39 is 17.5 Å². The Morgan fingerprint density at radius 3 is 2.25 bits per heavy atom. The predicted octanol–water partition coefficient (Wildman–Crippen LogP) is 3.34. The molecule has 0 aliphatic carbocycles. The molecule has 24 heavy (non-hydrogen) atoms. The largest absolute Gasteiger partial charge is 0.353 e. The monoisotopic (exact) mass is 353 g/mol. The van der Waals surface area contributed by atoms with Gasteiger partial charge in [-0.1, -0.05) is 6.07 Å². The molecule has 0 spiro atoms. The lowest BCUT2D eigenvalue weighted by Gasteiger charge is -2.11. The van der Waals surface area contributed by atoms with E-state index in [1.54, 1.807) is 19.1 Å². The molecule has 4 nitrogen and oxygen atoms in total. The Morgan fingerprint density at radius 1 is 0.958 bits per heavy atom. The first-order chi connectivity index (χ1) is 11.3. The smallest absolute Gasteiger partial charge is 0.243 e. The number of hydrogen-bond donors (Lipinski definition) is 3. The average molecular weight is 353 g/mol. The van der Waals surface area contributed by atoms with E-state index in [-0.39, 0.29) is 23.2 Å². The van der Waals surface area contributed by atoms with Crippen molar-refractivity contribution in [1.82, 2.24) is 5.32 Å². The van der Waals surface area contributed by atoms with Gasteiger partial charge in [-0.2, -0.15) is 0 Å². The number of benzene rings is 2. The van der Waals surface area contributed by atoms with E-state index in [0.717, 1.165) is 12.1 Å². The molecule has 1 amide bonds. The van der Waals surface area contributed by atoms with Gasteiger partial charge in [0.05, 0.1) is 6.54 Å². The Balaban J connectivity index is 1.83. The number of halogens is 3. The summed E-state index contributed by atoms with van der Waals surface area (Å²) in [6.07, 6.45) is 0. The molecular formula is C16H14F3N3OS. The number of carbonyl (C=O) groups is 1.